The van der Waals surface area contributed by atoms with Crippen molar-refractivity contribution in [1.29, 1.82) is 0 Å². The van der Waals surface area contributed by atoms with Gasteiger partial charge in [0, 0.05) is 29.5 Å². The van der Waals surface area contributed by atoms with E-state index in [1.165, 1.54) is 5.56 Å². The van der Waals surface area contributed by atoms with Crippen molar-refractivity contribution in [1.82, 2.24) is 9.97 Å². The molecule has 0 unspecified atom stereocenters. The second-order valence-electron chi connectivity index (χ2n) is 6.79. The Hall–Kier alpha value is -2.43. The Kier molecular flexibility index (Phi) is 3.11. The summed E-state index contributed by atoms with van der Waals surface area (Å²) in [7, 11) is 0. The molecular weight excluding hydrogens is 290 g/mol. The average Bonchev–Trinajstić information content (AvgIpc) is 3.11. The molecule has 1 aromatic heterocycles. The largest absolute Gasteiger partial charge is 0.492 e. The van der Waals surface area contributed by atoms with Gasteiger partial charge in [0.1, 0.15) is 5.75 Å². The molecule has 2 aliphatic rings. The van der Waals surface area contributed by atoms with E-state index in [1.807, 2.05) is 12.1 Å². The molecule has 5 nitrogen and oxygen atoms in total. The molecule has 0 spiro atoms. The number of anilines is 1. The second-order valence-corrected chi connectivity index (χ2v) is 6.79. The number of fused-ring (bicyclic) bond motifs is 1. The van der Waals surface area contributed by atoms with Gasteiger partial charge >= 0.3 is 0 Å². The highest BCUT2D eigenvalue weighted by Crippen LogP contribution is 2.40. The number of aromatic nitrogens is 2. The summed E-state index contributed by atoms with van der Waals surface area (Å²) < 4.78 is 5.72. The molecule has 0 bridgehead atoms. The van der Waals surface area contributed by atoms with E-state index in [0.29, 0.717) is 18.8 Å². The standard InChI is InChI=1S/C18H19N3O2/c1-18(2)11-23-15-6-5-12(8-13(15)18)14-9-20-16(10-19-14)21-7-3-4-17(21)22/h5-6,8-10H,3-4,7,11H2,1-2H3. The molecule has 5 heteroatoms. The summed E-state index contributed by atoms with van der Waals surface area (Å²) in [5.74, 6) is 1.72. The molecule has 4 rings (SSSR count). The Bertz CT molecular complexity index is 768. The SMILES string of the molecule is CC1(C)COc2ccc(-c3cnc(N4CCCC4=O)cn3)cc21. The van der Waals surface area contributed by atoms with Gasteiger partial charge in [-0.3, -0.25) is 14.7 Å². The van der Waals surface area contributed by atoms with Crippen molar-refractivity contribution >= 4 is 11.7 Å². The molecule has 0 N–H and O–H groups in total. The van der Waals surface area contributed by atoms with Gasteiger partial charge in [-0.1, -0.05) is 13.8 Å². The van der Waals surface area contributed by atoms with E-state index >= 15 is 0 Å². The van der Waals surface area contributed by atoms with E-state index in [9.17, 15) is 4.79 Å². The van der Waals surface area contributed by atoms with E-state index in [2.05, 4.69) is 29.9 Å². The molecule has 0 radical (unpaired) electrons. The van der Waals surface area contributed by atoms with Crippen molar-refractivity contribution in [3.8, 4) is 17.0 Å². The zero-order chi connectivity index (χ0) is 16.0. The van der Waals surface area contributed by atoms with E-state index in [0.717, 1.165) is 30.0 Å². The lowest BCUT2D eigenvalue weighted by atomic mass is 9.86. The van der Waals surface area contributed by atoms with Gasteiger partial charge in [-0.2, -0.15) is 0 Å². The normalized spacial score (nSPS) is 18.9. The lowest BCUT2D eigenvalue weighted by Crippen LogP contribution is -2.24. The first-order valence-electron chi connectivity index (χ1n) is 7.95. The minimum atomic E-state index is 0.0146. The summed E-state index contributed by atoms with van der Waals surface area (Å²) in [6, 6.07) is 6.14. The van der Waals surface area contributed by atoms with Crippen LogP contribution in [0.3, 0.4) is 0 Å². The van der Waals surface area contributed by atoms with Crippen LogP contribution in [0.4, 0.5) is 5.82 Å². The minimum Gasteiger partial charge on any atom is -0.492 e. The van der Waals surface area contributed by atoms with Gasteiger partial charge in [0.25, 0.3) is 0 Å². The van der Waals surface area contributed by atoms with Crippen LogP contribution in [0.1, 0.15) is 32.3 Å². The van der Waals surface area contributed by atoms with Crippen molar-refractivity contribution in [2.45, 2.75) is 32.1 Å². The summed E-state index contributed by atoms with van der Waals surface area (Å²) in [4.78, 5) is 22.4. The fraction of sp³-hybridized carbons (Fsp3) is 0.389. The predicted octanol–water partition coefficient (Wildman–Crippen LogP) is 2.94. The summed E-state index contributed by atoms with van der Waals surface area (Å²) in [5, 5.41) is 0. The first-order chi connectivity index (χ1) is 11.0. The molecule has 23 heavy (non-hydrogen) atoms. The van der Waals surface area contributed by atoms with Gasteiger partial charge in [0.2, 0.25) is 5.91 Å². The van der Waals surface area contributed by atoms with E-state index < -0.39 is 0 Å². The van der Waals surface area contributed by atoms with Crippen LogP contribution in [0, 0.1) is 0 Å². The molecule has 1 saturated heterocycles. The second kappa shape index (κ2) is 5.05. The van der Waals surface area contributed by atoms with Gasteiger partial charge < -0.3 is 4.74 Å². The van der Waals surface area contributed by atoms with Gasteiger partial charge in [-0.05, 0) is 24.6 Å². The maximum atomic E-state index is 11.8. The molecule has 1 amide bonds. The molecule has 0 saturated carbocycles. The van der Waals surface area contributed by atoms with Crippen LogP contribution in [0.5, 0.6) is 5.75 Å². The molecule has 0 atom stereocenters. The number of amides is 1. The molecular formula is C18H19N3O2. The molecule has 118 valence electrons. The third-order valence-electron chi connectivity index (χ3n) is 4.58. The zero-order valence-electron chi connectivity index (χ0n) is 13.4. The third kappa shape index (κ3) is 2.36. The average molecular weight is 309 g/mol. The highest BCUT2D eigenvalue weighted by Gasteiger charge is 2.32. The van der Waals surface area contributed by atoms with E-state index in [1.54, 1.807) is 17.3 Å². The van der Waals surface area contributed by atoms with Crippen LogP contribution in [-0.4, -0.2) is 29.0 Å². The smallest absolute Gasteiger partial charge is 0.228 e. The van der Waals surface area contributed by atoms with Gasteiger partial charge in [-0.15, -0.1) is 0 Å². The zero-order valence-corrected chi connectivity index (χ0v) is 13.4. The number of nitrogens with zero attached hydrogens (tertiary/aromatic N) is 3. The third-order valence-corrected chi connectivity index (χ3v) is 4.58. The molecule has 2 aromatic rings. The van der Waals surface area contributed by atoms with Crippen LogP contribution in [0.15, 0.2) is 30.6 Å². The van der Waals surface area contributed by atoms with Crippen molar-refractivity contribution in [3.63, 3.8) is 0 Å². The number of hydrogen-bond donors (Lipinski definition) is 0. The topological polar surface area (TPSA) is 55.3 Å². The molecule has 3 heterocycles. The lowest BCUT2D eigenvalue weighted by molar-refractivity contribution is -0.117. The minimum absolute atomic E-state index is 0.0146. The number of hydrogen-bond acceptors (Lipinski definition) is 4. The summed E-state index contributed by atoms with van der Waals surface area (Å²) in [6.45, 7) is 5.79. The van der Waals surface area contributed by atoms with Crippen molar-refractivity contribution in [3.05, 3.63) is 36.2 Å². The van der Waals surface area contributed by atoms with Gasteiger partial charge in [-0.25, -0.2) is 4.98 Å². The maximum Gasteiger partial charge on any atom is 0.228 e. The highest BCUT2D eigenvalue weighted by atomic mass is 16.5. The monoisotopic (exact) mass is 309 g/mol. The molecule has 1 fully saturated rings. The maximum absolute atomic E-state index is 11.8. The summed E-state index contributed by atoms with van der Waals surface area (Å²) >= 11 is 0. The van der Waals surface area contributed by atoms with Crippen LogP contribution >= 0.6 is 0 Å². The van der Waals surface area contributed by atoms with E-state index in [-0.39, 0.29) is 11.3 Å². The first-order valence-corrected chi connectivity index (χ1v) is 7.95. The van der Waals surface area contributed by atoms with Crippen LogP contribution in [0.2, 0.25) is 0 Å². The summed E-state index contributed by atoms with van der Waals surface area (Å²) in [5.41, 5.74) is 3.05. The quantitative estimate of drug-likeness (QED) is 0.856. The Morgan fingerprint density at radius 3 is 2.78 bits per heavy atom. The van der Waals surface area contributed by atoms with Gasteiger partial charge in [0.15, 0.2) is 5.82 Å². The van der Waals surface area contributed by atoms with Crippen LogP contribution in [-0.2, 0) is 10.2 Å². The Morgan fingerprint density at radius 1 is 1.22 bits per heavy atom. The molecule has 1 aromatic carbocycles. The number of benzene rings is 1. The van der Waals surface area contributed by atoms with Crippen LogP contribution in [0.25, 0.3) is 11.3 Å². The summed E-state index contributed by atoms with van der Waals surface area (Å²) in [6.07, 6.45) is 4.92. The highest BCUT2D eigenvalue weighted by molar-refractivity contribution is 5.94. The number of carbonyl (C=O) groups is 1. The fourth-order valence-electron chi connectivity index (χ4n) is 3.18. The first kappa shape index (κ1) is 14.2. The van der Waals surface area contributed by atoms with Crippen molar-refractivity contribution in [2.24, 2.45) is 0 Å². The number of carbonyl (C=O) groups excluding carboxylic acids is 1. The Balaban J connectivity index is 1.65. The predicted molar refractivity (Wildman–Crippen MR) is 87.6 cm³/mol. The fourth-order valence-corrected chi connectivity index (χ4v) is 3.18. The Labute approximate surface area is 135 Å². The van der Waals surface area contributed by atoms with Gasteiger partial charge in [0.05, 0.1) is 24.7 Å². The van der Waals surface area contributed by atoms with Crippen molar-refractivity contribution in [2.75, 3.05) is 18.1 Å². The van der Waals surface area contributed by atoms with Crippen LogP contribution < -0.4 is 9.64 Å². The number of ether oxygens (including phenoxy) is 1. The van der Waals surface area contributed by atoms with E-state index in [4.69, 9.17) is 4.74 Å². The molecule has 2 aliphatic heterocycles. The van der Waals surface area contributed by atoms with Crippen molar-refractivity contribution < 1.29 is 9.53 Å². The lowest BCUT2D eigenvalue weighted by Gasteiger charge is -2.16. The Morgan fingerprint density at radius 2 is 2.09 bits per heavy atom. The molecule has 0 aliphatic carbocycles. The number of rotatable bonds is 2.